The number of rotatable bonds is 5. The molecule has 0 spiro atoms. The van der Waals surface area contributed by atoms with E-state index in [1.807, 2.05) is 13.8 Å². The van der Waals surface area contributed by atoms with E-state index >= 15 is 0 Å². The molecule has 1 amide bonds. The normalized spacial score (nSPS) is 21.4. The molecule has 3 N–H and O–H groups in total. The van der Waals surface area contributed by atoms with E-state index in [-0.39, 0.29) is 18.5 Å². The Morgan fingerprint density at radius 2 is 1.90 bits per heavy atom. The van der Waals surface area contributed by atoms with Gasteiger partial charge in [0.2, 0.25) is 5.91 Å². The number of aliphatic imine (C=N–C) groups is 1. The quantitative estimate of drug-likeness (QED) is 0.504. The molecule has 1 saturated heterocycles. The van der Waals surface area contributed by atoms with Crippen LogP contribution in [0.4, 0.5) is 0 Å². The van der Waals surface area contributed by atoms with Crippen molar-refractivity contribution in [2.75, 3.05) is 26.7 Å². The van der Waals surface area contributed by atoms with Gasteiger partial charge >= 0.3 is 0 Å². The summed E-state index contributed by atoms with van der Waals surface area (Å²) in [6.45, 7) is 6.52. The van der Waals surface area contributed by atoms with E-state index in [9.17, 15) is 4.79 Å². The standard InChI is InChI=1S/C15H29N5O/c1-11(2)18-14(21)10-17-15(16-3)19-12-6-8-20(9-7-12)13-4-5-13/h11-13H,4-10H2,1-3H3,(H,18,21)(H2,16,17,19). The molecule has 1 saturated carbocycles. The van der Waals surface area contributed by atoms with Crippen LogP contribution in [0.1, 0.15) is 39.5 Å². The van der Waals surface area contributed by atoms with Crippen LogP contribution in [0.2, 0.25) is 0 Å². The van der Waals surface area contributed by atoms with Crippen molar-refractivity contribution in [3.63, 3.8) is 0 Å². The number of amides is 1. The van der Waals surface area contributed by atoms with E-state index in [2.05, 4.69) is 25.8 Å². The highest BCUT2D eigenvalue weighted by Crippen LogP contribution is 2.29. The predicted molar refractivity (Wildman–Crippen MR) is 85.4 cm³/mol. The van der Waals surface area contributed by atoms with E-state index < -0.39 is 0 Å². The van der Waals surface area contributed by atoms with Gasteiger partial charge in [-0.1, -0.05) is 0 Å². The molecule has 6 heteroatoms. The van der Waals surface area contributed by atoms with Crippen LogP contribution in [-0.2, 0) is 4.79 Å². The third-order valence-electron chi connectivity index (χ3n) is 4.02. The Labute approximate surface area is 127 Å². The van der Waals surface area contributed by atoms with Crippen LogP contribution in [0.3, 0.4) is 0 Å². The first-order valence-corrected chi connectivity index (χ1v) is 8.09. The third-order valence-corrected chi connectivity index (χ3v) is 4.02. The summed E-state index contributed by atoms with van der Waals surface area (Å²) in [6, 6.07) is 1.49. The monoisotopic (exact) mass is 295 g/mol. The van der Waals surface area contributed by atoms with Crippen LogP contribution in [0.5, 0.6) is 0 Å². The van der Waals surface area contributed by atoms with Gasteiger partial charge in [-0.2, -0.15) is 0 Å². The predicted octanol–water partition coefficient (Wildman–Crippen LogP) is 0.303. The first-order valence-electron chi connectivity index (χ1n) is 8.09. The molecular weight excluding hydrogens is 266 g/mol. The minimum atomic E-state index is -0.00324. The molecule has 0 aromatic heterocycles. The number of hydrogen-bond acceptors (Lipinski definition) is 3. The highest BCUT2D eigenvalue weighted by Gasteiger charge is 2.31. The summed E-state index contributed by atoms with van der Waals surface area (Å²) in [7, 11) is 1.75. The first-order chi connectivity index (χ1) is 10.1. The van der Waals surface area contributed by atoms with E-state index in [1.165, 1.54) is 25.9 Å². The maximum absolute atomic E-state index is 11.6. The molecule has 1 aliphatic heterocycles. The van der Waals surface area contributed by atoms with Crippen molar-refractivity contribution in [3.05, 3.63) is 0 Å². The fourth-order valence-corrected chi connectivity index (χ4v) is 2.77. The molecule has 0 radical (unpaired) electrons. The molecule has 0 aromatic carbocycles. The lowest BCUT2D eigenvalue weighted by Gasteiger charge is -2.33. The van der Waals surface area contributed by atoms with Gasteiger partial charge in [-0.05, 0) is 39.5 Å². The van der Waals surface area contributed by atoms with E-state index in [0.717, 1.165) is 24.8 Å². The van der Waals surface area contributed by atoms with Crippen LogP contribution >= 0.6 is 0 Å². The number of carbonyl (C=O) groups is 1. The summed E-state index contributed by atoms with van der Waals surface area (Å²) >= 11 is 0. The summed E-state index contributed by atoms with van der Waals surface area (Å²) in [4.78, 5) is 18.4. The maximum Gasteiger partial charge on any atom is 0.239 e. The Morgan fingerprint density at radius 3 is 2.43 bits per heavy atom. The van der Waals surface area contributed by atoms with Gasteiger partial charge in [-0.25, -0.2) is 0 Å². The Kier molecular flexibility index (Phi) is 5.85. The number of guanidine groups is 1. The first kappa shape index (κ1) is 16.1. The van der Waals surface area contributed by atoms with Crippen LogP contribution in [-0.4, -0.2) is 61.6 Å². The van der Waals surface area contributed by atoms with E-state index in [0.29, 0.717) is 6.04 Å². The average molecular weight is 295 g/mol. The Morgan fingerprint density at radius 1 is 1.24 bits per heavy atom. The van der Waals surface area contributed by atoms with Gasteiger partial charge in [0.1, 0.15) is 0 Å². The molecule has 0 bridgehead atoms. The smallest absolute Gasteiger partial charge is 0.239 e. The highest BCUT2D eigenvalue weighted by atomic mass is 16.1. The zero-order valence-electron chi connectivity index (χ0n) is 13.5. The van der Waals surface area contributed by atoms with Crippen LogP contribution in [0.25, 0.3) is 0 Å². The lowest BCUT2D eigenvalue weighted by molar-refractivity contribution is -0.120. The second-order valence-electron chi connectivity index (χ2n) is 6.33. The molecule has 2 fully saturated rings. The SMILES string of the molecule is CN=C(NCC(=O)NC(C)C)NC1CCN(C2CC2)CC1. The molecule has 0 aromatic rings. The second kappa shape index (κ2) is 7.64. The fraction of sp³-hybridized carbons (Fsp3) is 0.867. The van der Waals surface area contributed by atoms with Crippen molar-refractivity contribution in [1.29, 1.82) is 0 Å². The van der Waals surface area contributed by atoms with Crippen molar-refractivity contribution >= 4 is 11.9 Å². The number of hydrogen-bond donors (Lipinski definition) is 3. The van der Waals surface area contributed by atoms with Crippen molar-refractivity contribution < 1.29 is 4.79 Å². The summed E-state index contributed by atoms with van der Waals surface area (Å²) < 4.78 is 0. The van der Waals surface area contributed by atoms with Crippen molar-refractivity contribution in [2.45, 2.75) is 57.7 Å². The summed E-state index contributed by atoms with van der Waals surface area (Å²) in [5, 5.41) is 9.37. The minimum absolute atomic E-state index is 0.00324. The second-order valence-corrected chi connectivity index (χ2v) is 6.33. The number of nitrogens with one attached hydrogen (secondary N) is 3. The Bertz CT molecular complexity index is 370. The van der Waals surface area contributed by atoms with Crippen LogP contribution < -0.4 is 16.0 Å². The van der Waals surface area contributed by atoms with E-state index in [4.69, 9.17) is 0 Å². The lowest BCUT2D eigenvalue weighted by Crippen LogP contribution is -2.50. The average Bonchev–Trinajstić information content (AvgIpc) is 3.28. The lowest BCUT2D eigenvalue weighted by atomic mass is 10.1. The summed E-state index contributed by atoms with van der Waals surface area (Å²) in [6.07, 6.45) is 5.06. The van der Waals surface area contributed by atoms with Crippen LogP contribution in [0.15, 0.2) is 4.99 Å². The molecule has 0 unspecified atom stereocenters. The number of carbonyl (C=O) groups excluding carboxylic acids is 1. The number of piperidine rings is 1. The van der Waals surface area contributed by atoms with Gasteiger partial charge in [0.25, 0.3) is 0 Å². The van der Waals surface area contributed by atoms with Crippen molar-refractivity contribution in [3.8, 4) is 0 Å². The molecule has 21 heavy (non-hydrogen) atoms. The molecule has 120 valence electrons. The highest BCUT2D eigenvalue weighted by molar-refractivity contribution is 5.86. The minimum Gasteiger partial charge on any atom is -0.354 e. The third kappa shape index (κ3) is 5.53. The maximum atomic E-state index is 11.6. The van der Waals surface area contributed by atoms with Gasteiger partial charge in [0.15, 0.2) is 5.96 Å². The fourth-order valence-electron chi connectivity index (χ4n) is 2.77. The van der Waals surface area contributed by atoms with Gasteiger partial charge < -0.3 is 20.9 Å². The topological polar surface area (TPSA) is 68.8 Å². The van der Waals surface area contributed by atoms with Crippen molar-refractivity contribution in [2.24, 2.45) is 4.99 Å². The van der Waals surface area contributed by atoms with Gasteiger partial charge in [0.05, 0.1) is 6.54 Å². The molecule has 2 rings (SSSR count). The molecular formula is C15H29N5O. The largest absolute Gasteiger partial charge is 0.354 e. The zero-order valence-corrected chi connectivity index (χ0v) is 13.5. The summed E-state index contributed by atoms with van der Waals surface area (Å²) in [5.41, 5.74) is 0. The molecule has 6 nitrogen and oxygen atoms in total. The Balaban J connectivity index is 1.66. The Hall–Kier alpha value is -1.30. The van der Waals surface area contributed by atoms with Gasteiger partial charge in [-0.3, -0.25) is 9.79 Å². The van der Waals surface area contributed by atoms with Crippen molar-refractivity contribution in [1.82, 2.24) is 20.9 Å². The van der Waals surface area contributed by atoms with Gasteiger partial charge in [-0.15, -0.1) is 0 Å². The van der Waals surface area contributed by atoms with Gasteiger partial charge in [0, 0.05) is 38.3 Å². The molecule has 1 heterocycles. The number of likely N-dealkylation sites (tertiary alicyclic amines) is 1. The summed E-state index contributed by atoms with van der Waals surface area (Å²) in [5.74, 6) is 0.718. The number of nitrogens with zero attached hydrogens (tertiary/aromatic N) is 2. The van der Waals surface area contributed by atoms with Crippen LogP contribution in [0, 0.1) is 0 Å². The zero-order chi connectivity index (χ0) is 15.2. The molecule has 2 aliphatic rings. The van der Waals surface area contributed by atoms with E-state index in [1.54, 1.807) is 7.05 Å². The molecule has 0 atom stereocenters. The molecule has 1 aliphatic carbocycles.